The third kappa shape index (κ3) is 3.27. The zero-order valence-electron chi connectivity index (χ0n) is 10.5. The van der Waals surface area contributed by atoms with E-state index in [1.807, 2.05) is 0 Å². The number of hydrogen-bond donors (Lipinski definition) is 0. The van der Waals surface area contributed by atoms with Gasteiger partial charge in [0.2, 0.25) is 0 Å². The molecule has 106 valence electrons. The minimum Gasteiger partial charge on any atom is -0.487 e. The highest BCUT2D eigenvalue weighted by atomic mass is 35.5. The van der Waals surface area contributed by atoms with Crippen LogP contribution in [0.1, 0.15) is 11.1 Å². The molecule has 0 saturated heterocycles. The lowest BCUT2D eigenvalue weighted by atomic mass is 10.2. The van der Waals surface area contributed by atoms with Crippen LogP contribution in [-0.4, -0.2) is 4.92 Å². The van der Waals surface area contributed by atoms with Crippen molar-refractivity contribution in [1.82, 2.24) is 0 Å². The van der Waals surface area contributed by atoms with Crippen molar-refractivity contribution in [2.45, 2.75) is 6.61 Å². The summed E-state index contributed by atoms with van der Waals surface area (Å²) in [6, 6.07) is 9.94. The van der Waals surface area contributed by atoms with Crippen molar-refractivity contribution in [1.29, 1.82) is 5.26 Å². The average molecular weight is 307 g/mol. The highest BCUT2D eigenvalue weighted by Gasteiger charge is 2.14. The largest absolute Gasteiger partial charge is 0.487 e. The molecular weight excluding hydrogens is 299 g/mol. The first-order valence-electron chi connectivity index (χ1n) is 5.77. The molecule has 0 spiro atoms. The van der Waals surface area contributed by atoms with E-state index in [0.29, 0.717) is 5.56 Å². The Kier molecular flexibility index (Phi) is 4.36. The first-order valence-corrected chi connectivity index (χ1v) is 6.15. The van der Waals surface area contributed by atoms with Crippen molar-refractivity contribution in [3.8, 4) is 11.8 Å². The maximum Gasteiger partial charge on any atom is 0.288 e. The fourth-order valence-electron chi connectivity index (χ4n) is 1.68. The molecule has 0 saturated carbocycles. The van der Waals surface area contributed by atoms with E-state index in [4.69, 9.17) is 21.6 Å². The summed E-state index contributed by atoms with van der Waals surface area (Å²) in [5.74, 6) is -0.604. The number of nitriles is 1. The smallest absolute Gasteiger partial charge is 0.288 e. The minimum atomic E-state index is -0.683. The molecule has 2 rings (SSSR count). The van der Waals surface area contributed by atoms with Crippen molar-refractivity contribution in [3.05, 3.63) is 68.5 Å². The summed E-state index contributed by atoms with van der Waals surface area (Å²) in [5, 5.41) is 19.7. The van der Waals surface area contributed by atoms with Gasteiger partial charge in [0.05, 0.1) is 4.92 Å². The second-order valence-electron chi connectivity index (χ2n) is 4.06. The van der Waals surface area contributed by atoms with Gasteiger partial charge >= 0.3 is 0 Å². The van der Waals surface area contributed by atoms with Gasteiger partial charge in [-0.15, -0.1) is 0 Å². The number of nitro groups is 1. The van der Waals surface area contributed by atoms with Gasteiger partial charge in [0.25, 0.3) is 5.69 Å². The minimum absolute atomic E-state index is 0.0206. The molecule has 0 N–H and O–H groups in total. The van der Waals surface area contributed by atoms with Gasteiger partial charge in [-0.05, 0) is 23.8 Å². The van der Waals surface area contributed by atoms with E-state index in [1.54, 1.807) is 12.1 Å². The van der Waals surface area contributed by atoms with Crippen LogP contribution >= 0.6 is 11.6 Å². The van der Waals surface area contributed by atoms with E-state index in [2.05, 4.69) is 0 Å². The maximum absolute atomic E-state index is 13.4. The van der Waals surface area contributed by atoms with Crippen LogP contribution in [0.15, 0.2) is 36.4 Å². The van der Waals surface area contributed by atoms with E-state index >= 15 is 0 Å². The molecule has 0 aliphatic rings. The topological polar surface area (TPSA) is 76.2 Å². The molecule has 0 fully saturated rings. The van der Waals surface area contributed by atoms with Crippen molar-refractivity contribution in [2.75, 3.05) is 0 Å². The summed E-state index contributed by atoms with van der Waals surface area (Å²) in [4.78, 5) is 10.2. The quantitative estimate of drug-likeness (QED) is 0.635. The Labute approximate surface area is 124 Å². The fourth-order valence-corrected chi connectivity index (χ4v) is 1.87. The predicted octanol–water partition coefficient (Wildman–Crippen LogP) is 3.84. The molecule has 0 bridgehead atoms. The Morgan fingerprint density at radius 2 is 2.14 bits per heavy atom. The highest BCUT2D eigenvalue weighted by molar-refractivity contribution is 6.32. The molecule has 7 heteroatoms. The van der Waals surface area contributed by atoms with Crippen LogP contribution in [-0.2, 0) is 6.61 Å². The number of benzene rings is 2. The second-order valence-corrected chi connectivity index (χ2v) is 4.46. The van der Waals surface area contributed by atoms with Crippen molar-refractivity contribution in [3.63, 3.8) is 0 Å². The van der Waals surface area contributed by atoms with E-state index in [0.717, 1.165) is 6.07 Å². The molecule has 0 aliphatic heterocycles. The zero-order valence-corrected chi connectivity index (χ0v) is 11.3. The Morgan fingerprint density at radius 3 is 2.81 bits per heavy atom. The van der Waals surface area contributed by atoms with E-state index < -0.39 is 10.7 Å². The maximum atomic E-state index is 13.4. The molecule has 0 unspecified atom stereocenters. The molecule has 0 aromatic heterocycles. The lowest BCUT2D eigenvalue weighted by Gasteiger charge is -2.08. The van der Waals surface area contributed by atoms with Gasteiger partial charge in [0.15, 0.2) is 0 Å². The summed E-state index contributed by atoms with van der Waals surface area (Å²) in [5.41, 5.74) is 0.0396. The number of ether oxygens (including phenoxy) is 1. The highest BCUT2D eigenvalue weighted by Crippen LogP contribution is 2.26. The molecule has 0 atom stereocenters. The lowest BCUT2D eigenvalue weighted by Crippen LogP contribution is -2.00. The van der Waals surface area contributed by atoms with Gasteiger partial charge in [0, 0.05) is 6.07 Å². The number of nitro benzene ring substituents is 1. The molecule has 2 aromatic rings. The lowest BCUT2D eigenvalue weighted by molar-refractivity contribution is -0.384. The predicted molar refractivity (Wildman–Crippen MR) is 73.6 cm³/mol. The summed E-state index contributed by atoms with van der Waals surface area (Å²) in [7, 11) is 0. The monoisotopic (exact) mass is 306 g/mol. The summed E-state index contributed by atoms with van der Waals surface area (Å²) in [6.45, 7) is -0.0455. The SMILES string of the molecule is N#Cc1c(F)cccc1OCc1ccc(Cl)c([N+](=O)[O-])c1. The van der Waals surface area contributed by atoms with Crippen LogP contribution in [0.5, 0.6) is 5.75 Å². The van der Waals surface area contributed by atoms with Gasteiger partial charge in [-0.25, -0.2) is 4.39 Å². The van der Waals surface area contributed by atoms with E-state index in [1.165, 1.54) is 24.3 Å². The van der Waals surface area contributed by atoms with Crippen molar-refractivity contribution in [2.24, 2.45) is 0 Å². The first kappa shape index (κ1) is 14.8. The number of nitrogens with zero attached hydrogens (tertiary/aromatic N) is 2. The molecule has 21 heavy (non-hydrogen) atoms. The van der Waals surface area contributed by atoms with Crippen LogP contribution in [0, 0.1) is 27.3 Å². The molecule has 0 radical (unpaired) electrons. The molecule has 5 nitrogen and oxygen atoms in total. The first-order chi connectivity index (χ1) is 10.0. The van der Waals surface area contributed by atoms with Gasteiger partial charge in [-0.3, -0.25) is 10.1 Å². The van der Waals surface area contributed by atoms with Crippen LogP contribution < -0.4 is 4.74 Å². The molecule has 2 aromatic carbocycles. The summed E-state index contributed by atoms with van der Waals surface area (Å²) in [6.07, 6.45) is 0. The normalized spacial score (nSPS) is 9.95. The second kappa shape index (κ2) is 6.20. The Balaban J connectivity index is 2.22. The van der Waals surface area contributed by atoms with E-state index in [-0.39, 0.29) is 28.6 Å². The standard InChI is InChI=1S/C14H8ClFN2O3/c15-11-5-4-9(6-13(11)18(19)20)8-21-14-3-1-2-12(16)10(14)7-17/h1-6H,8H2. The van der Waals surface area contributed by atoms with Crippen LogP contribution in [0.4, 0.5) is 10.1 Å². The number of halogens is 2. The molecule has 0 amide bonds. The zero-order chi connectivity index (χ0) is 15.4. The van der Waals surface area contributed by atoms with E-state index in [9.17, 15) is 14.5 Å². The Hall–Kier alpha value is -2.65. The molecule has 0 aliphatic carbocycles. The van der Waals surface area contributed by atoms with Crippen LogP contribution in [0.3, 0.4) is 0 Å². The fraction of sp³-hybridized carbons (Fsp3) is 0.0714. The Morgan fingerprint density at radius 1 is 1.38 bits per heavy atom. The van der Waals surface area contributed by atoms with Crippen molar-refractivity contribution < 1.29 is 14.1 Å². The van der Waals surface area contributed by atoms with Crippen molar-refractivity contribution >= 4 is 17.3 Å². The number of hydrogen-bond acceptors (Lipinski definition) is 4. The molecular formula is C14H8ClFN2O3. The van der Waals surface area contributed by atoms with Gasteiger partial charge in [-0.1, -0.05) is 23.7 Å². The summed E-state index contributed by atoms with van der Waals surface area (Å²) < 4.78 is 18.7. The third-order valence-corrected chi connectivity index (χ3v) is 3.01. The van der Waals surface area contributed by atoms with Gasteiger partial charge < -0.3 is 4.74 Å². The Bertz CT molecular complexity index is 743. The van der Waals surface area contributed by atoms with Crippen LogP contribution in [0.25, 0.3) is 0 Å². The molecule has 0 heterocycles. The van der Waals surface area contributed by atoms with Gasteiger partial charge in [0.1, 0.15) is 34.8 Å². The average Bonchev–Trinajstić information content (AvgIpc) is 2.46. The van der Waals surface area contributed by atoms with Crippen LogP contribution in [0.2, 0.25) is 5.02 Å². The summed E-state index contributed by atoms with van der Waals surface area (Å²) >= 11 is 5.70. The number of rotatable bonds is 4. The third-order valence-electron chi connectivity index (χ3n) is 2.69. The van der Waals surface area contributed by atoms with Gasteiger partial charge in [-0.2, -0.15) is 5.26 Å².